The van der Waals surface area contributed by atoms with E-state index in [0.717, 1.165) is 48.1 Å². The minimum Gasteiger partial charge on any atom is -0.461 e. The van der Waals surface area contributed by atoms with Crippen molar-refractivity contribution >= 4 is 21.5 Å². The lowest BCUT2D eigenvalue weighted by molar-refractivity contribution is -0.122. The molecule has 0 spiro atoms. The third-order valence-electron chi connectivity index (χ3n) is 9.66. The van der Waals surface area contributed by atoms with Crippen LogP contribution in [0.2, 0.25) is 0 Å². The van der Waals surface area contributed by atoms with Crippen molar-refractivity contribution < 1.29 is 13.7 Å². The zero-order valence-corrected chi connectivity index (χ0v) is 26.3. The van der Waals surface area contributed by atoms with Gasteiger partial charge in [0.25, 0.3) is 5.91 Å². The van der Waals surface area contributed by atoms with Gasteiger partial charge in [0.1, 0.15) is 20.3 Å². The Bertz CT molecular complexity index is 1960. The number of aromatic nitrogens is 2. The molecule has 0 saturated heterocycles. The highest BCUT2D eigenvalue weighted by atomic mass is 32.2. The normalized spacial score (nSPS) is 19.2. The molecule has 9 heteroatoms. The number of nitrogens with zero attached hydrogens (tertiary/aromatic N) is 2. The van der Waals surface area contributed by atoms with Crippen molar-refractivity contribution in [2.24, 2.45) is 0 Å². The molecule has 2 unspecified atom stereocenters. The number of hydrogen-bond acceptors (Lipinski definition) is 5. The Hall–Kier alpha value is -4.73. The Morgan fingerprint density at radius 2 is 1.54 bits per heavy atom. The van der Waals surface area contributed by atoms with Crippen LogP contribution in [0.15, 0.2) is 108 Å². The fourth-order valence-electron chi connectivity index (χ4n) is 7.48. The van der Waals surface area contributed by atoms with Crippen LogP contribution in [0.5, 0.6) is 5.88 Å². The molecule has 8 nitrogen and oxygen atoms in total. The van der Waals surface area contributed by atoms with Crippen LogP contribution in [-0.4, -0.2) is 26.0 Å². The van der Waals surface area contributed by atoms with E-state index >= 15 is 0 Å². The van der Waals surface area contributed by atoms with Gasteiger partial charge in [-0.15, -0.1) is 0 Å². The molecule has 3 N–H and O–H groups in total. The van der Waals surface area contributed by atoms with Crippen molar-refractivity contribution in [3.05, 3.63) is 142 Å². The minimum absolute atomic E-state index is 0.105. The Morgan fingerprint density at radius 1 is 0.935 bits per heavy atom. The summed E-state index contributed by atoms with van der Waals surface area (Å²) >= 11 is 0. The smallest absolute Gasteiger partial charge is 0.267 e. The van der Waals surface area contributed by atoms with Crippen LogP contribution in [0, 0.1) is 4.78 Å². The van der Waals surface area contributed by atoms with Crippen molar-refractivity contribution in [3.8, 4) is 5.88 Å². The van der Waals surface area contributed by atoms with E-state index in [2.05, 4.69) is 28.1 Å². The van der Waals surface area contributed by atoms with E-state index in [0.29, 0.717) is 5.92 Å². The molecule has 1 aliphatic heterocycles. The molecular weight excluding hydrogens is 595 g/mol. The molecular formula is C37H35N5O3S. The highest BCUT2D eigenvalue weighted by Gasteiger charge is 2.43. The first kappa shape index (κ1) is 28.7. The van der Waals surface area contributed by atoms with Gasteiger partial charge in [0.15, 0.2) is 6.10 Å². The van der Waals surface area contributed by atoms with Crippen LogP contribution < -0.4 is 14.8 Å². The van der Waals surface area contributed by atoms with Gasteiger partial charge in [-0.3, -0.25) is 4.79 Å². The second-order valence-corrected chi connectivity index (χ2v) is 14.3. The number of rotatable bonds is 8. The number of fused-ring (bicyclic) bond motifs is 3. The summed E-state index contributed by atoms with van der Waals surface area (Å²) in [4.78, 5) is 13.8. The lowest BCUT2D eigenvalue weighted by Crippen LogP contribution is -2.47. The number of carbonyl (C=O) groups is 1. The van der Waals surface area contributed by atoms with Crippen molar-refractivity contribution in [1.82, 2.24) is 14.5 Å². The lowest BCUT2D eigenvalue weighted by atomic mass is 9.75. The SMILES string of the molecule is C[C@@H]1Cc2cc3c(c(NC(=O)C4Cn5ncc(S(=N)(=O)NC(c6ccccc6)(c6ccccc6)c6ccccc6)c5O4)c21)CCC3. The molecule has 3 atom stereocenters. The van der Waals surface area contributed by atoms with Gasteiger partial charge in [-0.2, -0.15) is 5.10 Å². The number of aryl methyl sites for hydroxylation is 1. The molecule has 5 aromatic rings. The van der Waals surface area contributed by atoms with Crippen molar-refractivity contribution in [2.45, 2.75) is 61.6 Å². The molecule has 1 amide bonds. The zero-order chi connectivity index (χ0) is 31.5. The first-order valence-electron chi connectivity index (χ1n) is 15.8. The second kappa shape index (κ2) is 11.0. The fraction of sp³-hybridized carbons (Fsp3) is 0.243. The maximum Gasteiger partial charge on any atom is 0.267 e. The molecule has 4 aromatic carbocycles. The molecule has 3 aliphatic rings. The standard InChI is InChI=1S/C37H35N5O3S/c1-24-20-26-21-25-12-11-19-30(25)34(33(24)26)40-35(43)31-23-42-36(45-31)32(22-39-42)46(38,44)41-37(27-13-5-2-6-14-27,28-15-7-3-8-16-28)29-17-9-4-10-18-29/h2-10,13-18,21-22,24,31H,11-12,19-20,23H2,1H3,(H,40,43)(H2,38,41,44)/t24-,31?,46?/m1/s1. The van der Waals surface area contributed by atoms with Crippen LogP contribution in [0.1, 0.15) is 58.2 Å². The maximum absolute atomic E-state index is 14.7. The monoisotopic (exact) mass is 629 g/mol. The first-order valence-corrected chi connectivity index (χ1v) is 17.4. The molecule has 232 valence electrons. The van der Waals surface area contributed by atoms with Crippen molar-refractivity contribution in [3.63, 3.8) is 0 Å². The number of benzene rings is 4. The van der Waals surface area contributed by atoms with Gasteiger partial charge < -0.3 is 10.1 Å². The third kappa shape index (κ3) is 4.56. The topological polar surface area (TPSA) is 109 Å². The van der Waals surface area contributed by atoms with Crippen molar-refractivity contribution in [1.29, 1.82) is 4.78 Å². The Balaban J connectivity index is 1.13. The van der Waals surface area contributed by atoms with E-state index in [9.17, 15) is 13.8 Å². The molecule has 46 heavy (non-hydrogen) atoms. The summed E-state index contributed by atoms with van der Waals surface area (Å²) in [5, 5.41) is 7.66. The predicted molar refractivity (Wildman–Crippen MR) is 177 cm³/mol. The van der Waals surface area contributed by atoms with Crippen molar-refractivity contribution in [2.75, 3.05) is 5.32 Å². The van der Waals surface area contributed by atoms with Gasteiger partial charge in [0.2, 0.25) is 5.88 Å². The third-order valence-corrected chi connectivity index (χ3v) is 11.2. The number of nitrogens with one attached hydrogen (secondary N) is 3. The molecule has 0 radical (unpaired) electrons. The average molecular weight is 630 g/mol. The van der Waals surface area contributed by atoms with Gasteiger partial charge in [0, 0.05) is 5.69 Å². The molecule has 0 fully saturated rings. The van der Waals surface area contributed by atoms with E-state index in [4.69, 9.17) is 4.74 Å². The van der Waals surface area contributed by atoms with Gasteiger partial charge in [-0.25, -0.2) is 18.4 Å². The molecule has 8 rings (SSSR count). The van der Waals surface area contributed by atoms with Crippen LogP contribution in [0.25, 0.3) is 0 Å². The molecule has 0 saturated carbocycles. The van der Waals surface area contributed by atoms with Crippen LogP contribution in [0.3, 0.4) is 0 Å². The van der Waals surface area contributed by atoms with Gasteiger partial charge in [0.05, 0.1) is 12.7 Å². The number of hydrogen-bond donors (Lipinski definition) is 3. The van der Waals surface area contributed by atoms with E-state index in [-0.39, 0.29) is 23.2 Å². The van der Waals surface area contributed by atoms with E-state index < -0.39 is 21.6 Å². The summed E-state index contributed by atoms with van der Waals surface area (Å²) < 4.78 is 35.1. The van der Waals surface area contributed by atoms with Gasteiger partial charge in [-0.1, -0.05) is 104 Å². The highest BCUT2D eigenvalue weighted by molar-refractivity contribution is 7.90. The number of amides is 1. The highest BCUT2D eigenvalue weighted by Crippen LogP contribution is 2.46. The summed E-state index contributed by atoms with van der Waals surface area (Å²) in [5.74, 6) is 0.325. The fourth-order valence-corrected chi connectivity index (χ4v) is 8.97. The Kier molecular flexibility index (Phi) is 6.84. The van der Waals surface area contributed by atoms with Crippen LogP contribution in [-0.2, 0) is 46.1 Å². The number of ether oxygens (including phenoxy) is 1. The average Bonchev–Trinajstić information content (AvgIpc) is 3.81. The lowest BCUT2D eigenvalue weighted by Gasteiger charge is -2.37. The Morgan fingerprint density at radius 3 is 2.13 bits per heavy atom. The Labute approximate surface area is 268 Å². The largest absolute Gasteiger partial charge is 0.461 e. The zero-order valence-electron chi connectivity index (χ0n) is 25.5. The van der Waals surface area contributed by atoms with Gasteiger partial charge in [-0.05, 0) is 70.5 Å². The first-order chi connectivity index (χ1) is 22.3. The van der Waals surface area contributed by atoms with Crippen LogP contribution >= 0.6 is 0 Å². The van der Waals surface area contributed by atoms with Gasteiger partial charge >= 0.3 is 0 Å². The summed E-state index contributed by atoms with van der Waals surface area (Å²) in [7, 11) is -3.76. The van der Waals surface area contributed by atoms with E-state index in [1.54, 1.807) is 4.68 Å². The molecule has 0 bridgehead atoms. The van der Waals surface area contributed by atoms with E-state index in [1.807, 2.05) is 91.0 Å². The molecule has 2 heterocycles. The van der Waals surface area contributed by atoms with E-state index in [1.165, 1.54) is 28.5 Å². The quantitative estimate of drug-likeness (QED) is 0.174. The summed E-state index contributed by atoms with van der Waals surface area (Å²) in [5.41, 5.74) is 7.44. The molecule has 1 aromatic heterocycles. The second-order valence-electron chi connectivity index (χ2n) is 12.5. The molecule has 2 aliphatic carbocycles. The summed E-state index contributed by atoms with van der Waals surface area (Å²) in [6.45, 7) is 2.37. The van der Waals surface area contributed by atoms with Crippen LogP contribution in [0.4, 0.5) is 5.69 Å². The minimum atomic E-state index is -3.76. The summed E-state index contributed by atoms with van der Waals surface area (Å²) in [6, 6.07) is 31.5. The predicted octanol–water partition coefficient (Wildman–Crippen LogP) is 6.33. The maximum atomic E-state index is 14.7. The summed E-state index contributed by atoms with van der Waals surface area (Å²) in [6.07, 6.45) is 4.69. The number of carbonyl (C=O) groups excluding carboxylic acids is 1. The number of anilines is 1.